The summed E-state index contributed by atoms with van der Waals surface area (Å²) in [4.78, 5) is 8.22. The van der Waals surface area contributed by atoms with Crippen molar-refractivity contribution in [2.24, 2.45) is 0 Å². The maximum atomic E-state index is 5.53. The minimum Gasteiger partial charge on any atom is -0.389 e. The predicted octanol–water partition coefficient (Wildman–Crippen LogP) is 1.30. The van der Waals surface area contributed by atoms with Crippen molar-refractivity contribution in [1.82, 2.24) is 20.2 Å². The quantitative estimate of drug-likeness (QED) is 0.786. The summed E-state index contributed by atoms with van der Waals surface area (Å²) in [5, 5.41) is 8.11. The van der Waals surface area contributed by atoms with Crippen molar-refractivity contribution >= 4 is 28.1 Å². The van der Waals surface area contributed by atoms with Crippen LogP contribution >= 0.6 is 23.1 Å². The van der Waals surface area contributed by atoms with Crippen LogP contribution < -0.4 is 5.73 Å². The number of hydrogen-bond acceptors (Lipinski definition) is 6. The molecule has 68 valence electrons. The van der Waals surface area contributed by atoms with Gasteiger partial charge in [0.05, 0.1) is 6.20 Å². The van der Waals surface area contributed by atoms with Gasteiger partial charge in [0.25, 0.3) is 0 Å². The molecule has 0 bridgehead atoms. The topological polar surface area (TPSA) is 80.5 Å². The minimum absolute atomic E-state index is 0.673. The van der Waals surface area contributed by atoms with Crippen molar-refractivity contribution in [2.45, 2.75) is 16.4 Å². The minimum atomic E-state index is 0.673. The highest BCUT2D eigenvalue weighted by molar-refractivity contribution is 8.00. The third kappa shape index (κ3) is 1.99. The van der Waals surface area contributed by atoms with Crippen molar-refractivity contribution in [1.29, 1.82) is 0 Å². The average molecular weight is 213 g/mol. The molecule has 0 spiro atoms. The van der Waals surface area contributed by atoms with Crippen molar-refractivity contribution < 1.29 is 0 Å². The summed E-state index contributed by atoms with van der Waals surface area (Å²) in [5.41, 5.74) is 5.53. The fraction of sp³-hybridized carbons (Fsp3) is 0.167. The van der Waals surface area contributed by atoms with Crippen LogP contribution in [0.1, 0.15) is 5.82 Å². The molecule has 0 unspecified atom stereocenters. The molecule has 0 atom stereocenters. The normalized spacial score (nSPS) is 10.5. The van der Waals surface area contributed by atoms with E-state index < -0.39 is 0 Å². The Hall–Kier alpha value is -1.08. The Kier molecular flexibility index (Phi) is 2.19. The number of nitrogen functional groups attached to an aromatic ring is 1. The smallest absolute Gasteiger partial charge is 0.215 e. The highest BCUT2D eigenvalue weighted by Gasteiger charge is 2.05. The Morgan fingerprint density at radius 1 is 1.62 bits per heavy atom. The molecule has 2 heterocycles. The van der Waals surface area contributed by atoms with Crippen LogP contribution in [0.2, 0.25) is 0 Å². The number of aromatic amines is 1. The van der Waals surface area contributed by atoms with Gasteiger partial charge in [0.1, 0.15) is 10.8 Å². The highest BCUT2D eigenvalue weighted by Crippen LogP contribution is 2.29. The molecular weight excluding hydrogens is 206 g/mol. The van der Waals surface area contributed by atoms with Crippen LogP contribution in [0.4, 0.5) is 5.00 Å². The molecule has 3 N–H and O–H groups in total. The van der Waals surface area contributed by atoms with E-state index in [9.17, 15) is 0 Å². The molecule has 0 radical (unpaired) electrons. The molecule has 13 heavy (non-hydrogen) atoms. The van der Waals surface area contributed by atoms with E-state index in [0.29, 0.717) is 10.2 Å². The Morgan fingerprint density at radius 3 is 3.00 bits per heavy atom. The third-order valence-electron chi connectivity index (χ3n) is 1.26. The zero-order valence-corrected chi connectivity index (χ0v) is 8.45. The maximum absolute atomic E-state index is 5.53. The van der Waals surface area contributed by atoms with Gasteiger partial charge in [0.2, 0.25) is 5.16 Å². The number of aromatic nitrogens is 4. The Balaban J connectivity index is 2.14. The van der Waals surface area contributed by atoms with Crippen molar-refractivity contribution in [3.8, 4) is 0 Å². The largest absolute Gasteiger partial charge is 0.389 e. The van der Waals surface area contributed by atoms with E-state index in [1.165, 1.54) is 23.1 Å². The highest BCUT2D eigenvalue weighted by atomic mass is 32.2. The third-order valence-corrected chi connectivity index (χ3v) is 3.02. The van der Waals surface area contributed by atoms with E-state index in [2.05, 4.69) is 20.2 Å². The molecule has 5 nitrogen and oxygen atoms in total. The first-order valence-electron chi connectivity index (χ1n) is 3.52. The Bertz CT molecular complexity index is 368. The van der Waals surface area contributed by atoms with E-state index >= 15 is 0 Å². The van der Waals surface area contributed by atoms with Gasteiger partial charge in [-0.15, -0.1) is 5.10 Å². The van der Waals surface area contributed by atoms with E-state index in [1.54, 1.807) is 6.20 Å². The van der Waals surface area contributed by atoms with Crippen LogP contribution in [0.15, 0.2) is 15.7 Å². The van der Waals surface area contributed by atoms with Gasteiger partial charge in [-0.25, -0.2) is 9.97 Å². The number of nitrogens with two attached hydrogens (primary N) is 1. The Labute approximate surface area is 82.8 Å². The van der Waals surface area contributed by atoms with Crippen LogP contribution in [-0.2, 0) is 0 Å². The molecule has 0 aliphatic rings. The fourth-order valence-electron chi connectivity index (χ4n) is 0.763. The molecule has 2 aromatic rings. The first-order chi connectivity index (χ1) is 6.24. The van der Waals surface area contributed by atoms with Crippen LogP contribution in [-0.4, -0.2) is 20.2 Å². The number of H-pyrrole nitrogens is 1. The molecule has 0 amide bonds. The zero-order valence-electron chi connectivity index (χ0n) is 6.81. The Morgan fingerprint density at radius 2 is 2.46 bits per heavy atom. The van der Waals surface area contributed by atoms with Crippen molar-refractivity contribution in [3.05, 3.63) is 12.0 Å². The van der Waals surface area contributed by atoms with Gasteiger partial charge in [-0.1, -0.05) is 11.3 Å². The van der Waals surface area contributed by atoms with Crippen LogP contribution in [0.25, 0.3) is 0 Å². The first kappa shape index (κ1) is 8.52. The monoisotopic (exact) mass is 213 g/mol. The average Bonchev–Trinajstić information content (AvgIpc) is 2.62. The molecule has 0 aliphatic heterocycles. The lowest BCUT2D eigenvalue weighted by Gasteiger charge is -1.86. The summed E-state index contributed by atoms with van der Waals surface area (Å²) < 4.78 is 0.858. The van der Waals surface area contributed by atoms with Gasteiger partial charge in [0, 0.05) is 0 Å². The number of hydrogen-bond donors (Lipinski definition) is 2. The molecule has 2 rings (SSSR count). The van der Waals surface area contributed by atoms with Gasteiger partial charge >= 0.3 is 0 Å². The lowest BCUT2D eigenvalue weighted by atomic mass is 10.8. The maximum Gasteiger partial charge on any atom is 0.215 e. The summed E-state index contributed by atoms with van der Waals surface area (Å²) in [6.45, 7) is 1.85. The van der Waals surface area contributed by atoms with Crippen LogP contribution in [0, 0.1) is 6.92 Å². The summed E-state index contributed by atoms with van der Waals surface area (Å²) in [5.74, 6) is 0.798. The number of aryl methyl sites for hydroxylation is 1. The predicted molar refractivity (Wildman–Crippen MR) is 51.8 cm³/mol. The van der Waals surface area contributed by atoms with Crippen molar-refractivity contribution in [2.75, 3.05) is 5.73 Å². The molecule has 0 saturated carbocycles. The zero-order chi connectivity index (χ0) is 9.26. The summed E-state index contributed by atoms with van der Waals surface area (Å²) in [7, 11) is 0. The second-order valence-corrected chi connectivity index (χ2v) is 4.61. The van der Waals surface area contributed by atoms with E-state index in [4.69, 9.17) is 5.73 Å². The van der Waals surface area contributed by atoms with Crippen LogP contribution in [0.5, 0.6) is 0 Å². The molecule has 2 aromatic heterocycles. The number of rotatable bonds is 2. The van der Waals surface area contributed by atoms with Gasteiger partial charge in [0.15, 0.2) is 4.34 Å². The first-order valence-corrected chi connectivity index (χ1v) is 5.15. The SMILES string of the molecule is Cc1nc(Sc2ncc(N)s2)n[nH]1. The molecule has 0 saturated heterocycles. The molecule has 0 aromatic carbocycles. The summed E-state index contributed by atoms with van der Waals surface area (Å²) >= 11 is 2.83. The number of nitrogens with one attached hydrogen (secondary N) is 1. The number of anilines is 1. The van der Waals surface area contributed by atoms with E-state index in [0.717, 1.165) is 10.2 Å². The number of nitrogens with zero attached hydrogens (tertiary/aromatic N) is 3. The van der Waals surface area contributed by atoms with Gasteiger partial charge < -0.3 is 5.73 Å². The van der Waals surface area contributed by atoms with Crippen LogP contribution in [0.3, 0.4) is 0 Å². The van der Waals surface area contributed by atoms with E-state index in [-0.39, 0.29) is 0 Å². The van der Waals surface area contributed by atoms with Gasteiger partial charge in [-0.3, -0.25) is 5.10 Å². The summed E-state index contributed by atoms with van der Waals surface area (Å²) in [6.07, 6.45) is 1.63. The van der Waals surface area contributed by atoms with E-state index in [1.807, 2.05) is 6.92 Å². The standard InChI is InChI=1S/C6H7N5S2/c1-3-9-5(11-10-3)13-6-8-2-4(7)12-6/h2H,7H2,1H3,(H,9,10,11). The molecular formula is C6H7N5S2. The lowest BCUT2D eigenvalue weighted by Crippen LogP contribution is -1.73. The second-order valence-electron chi connectivity index (χ2n) is 2.33. The number of thiazole rings is 1. The second kappa shape index (κ2) is 3.35. The molecule has 0 fully saturated rings. The lowest BCUT2D eigenvalue weighted by molar-refractivity contribution is 0.968. The van der Waals surface area contributed by atoms with Gasteiger partial charge in [-0.2, -0.15) is 0 Å². The molecule has 7 heteroatoms. The molecule has 0 aliphatic carbocycles. The van der Waals surface area contributed by atoms with Crippen molar-refractivity contribution in [3.63, 3.8) is 0 Å². The summed E-state index contributed by atoms with van der Waals surface area (Å²) in [6, 6.07) is 0. The van der Waals surface area contributed by atoms with Gasteiger partial charge in [-0.05, 0) is 18.7 Å². The fourth-order valence-corrected chi connectivity index (χ4v) is 2.39.